The van der Waals surface area contributed by atoms with Crippen molar-refractivity contribution in [2.75, 3.05) is 6.61 Å². The lowest BCUT2D eigenvalue weighted by Crippen LogP contribution is -2.49. The van der Waals surface area contributed by atoms with Crippen molar-refractivity contribution in [3.63, 3.8) is 0 Å². The van der Waals surface area contributed by atoms with Crippen LogP contribution in [0.5, 0.6) is 5.75 Å². The van der Waals surface area contributed by atoms with Crippen molar-refractivity contribution in [2.24, 2.45) is 5.73 Å². The fraction of sp³-hybridized carbons (Fsp3) is 0.571. The Hall–Kier alpha value is -0.630. The Morgan fingerprint density at radius 2 is 2.10 bits per heavy atom. The van der Waals surface area contributed by atoms with E-state index in [1.54, 1.807) is 18.2 Å². The highest BCUT2D eigenvalue weighted by molar-refractivity contribution is 9.10. The summed E-state index contributed by atoms with van der Waals surface area (Å²) in [4.78, 5) is 0.150. The topological polar surface area (TPSA) is 81.4 Å². The second-order valence-electron chi connectivity index (χ2n) is 5.20. The molecule has 0 bridgehead atoms. The summed E-state index contributed by atoms with van der Waals surface area (Å²) in [5.41, 5.74) is 6.02. The molecule has 1 aromatic rings. The summed E-state index contributed by atoms with van der Waals surface area (Å²) in [7, 11) is -3.65. The Morgan fingerprint density at radius 1 is 1.38 bits per heavy atom. The third kappa shape index (κ3) is 4.18. The van der Waals surface area contributed by atoms with Gasteiger partial charge in [0.2, 0.25) is 10.0 Å². The lowest BCUT2D eigenvalue weighted by molar-refractivity contribution is 0.329. The zero-order chi connectivity index (χ0) is 15.5. The molecule has 0 unspecified atom stereocenters. The average Bonchev–Trinajstić information content (AvgIpc) is 2.43. The number of sulfonamides is 1. The second-order valence-corrected chi connectivity index (χ2v) is 7.80. The maximum atomic E-state index is 12.6. The van der Waals surface area contributed by atoms with Crippen molar-refractivity contribution in [1.82, 2.24) is 4.72 Å². The molecular formula is C14H21BrN2O3S. The summed E-state index contributed by atoms with van der Waals surface area (Å²) in [6, 6.07) is 4.63. The van der Waals surface area contributed by atoms with Gasteiger partial charge in [-0.1, -0.05) is 28.8 Å². The Bertz CT molecular complexity index is 592. The molecule has 1 aromatic carbocycles. The molecule has 1 saturated carbocycles. The number of rotatable bonds is 5. The standard InChI is InChI=1S/C14H21BrN2O3S/c1-2-20-13-8-7-10(15)9-14(13)21(18,19)17-12-6-4-3-5-11(12)16/h7-9,11-12,17H,2-6,16H2,1H3/t11-,12-/m1/s1. The van der Waals surface area contributed by atoms with E-state index in [4.69, 9.17) is 10.5 Å². The molecule has 118 valence electrons. The van der Waals surface area contributed by atoms with Crippen molar-refractivity contribution in [3.05, 3.63) is 22.7 Å². The van der Waals surface area contributed by atoms with Gasteiger partial charge in [0.15, 0.2) is 0 Å². The summed E-state index contributed by atoms with van der Waals surface area (Å²) in [5, 5.41) is 0. The van der Waals surface area contributed by atoms with Gasteiger partial charge in [-0.05, 0) is 38.0 Å². The minimum atomic E-state index is -3.65. The molecule has 0 aliphatic heterocycles. The van der Waals surface area contributed by atoms with E-state index < -0.39 is 10.0 Å². The lowest BCUT2D eigenvalue weighted by atomic mass is 9.92. The van der Waals surface area contributed by atoms with Crippen LogP contribution < -0.4 is 15.2 Å². The normalized spacial score (nSPS) is 23.0. The van der Waals surface area contributed by atoms with E-state index in [1.807, 2.05) is 6.92 Å². The molecule has 1 fully saturated rings. The molecule has 1 aliphatic rings. The fourth-order valence-corrected chi connectivity index (χ4v) is 4.54. The molecule has 0 aromatic heterocycles. The van der Waals surface area contributed by atoms with Crippen LogP contribution in [0.25, 0.3) is 0 Å². The van der Waals surface area contributed by atoms with Gasteiger partial charge in [0, 0.05) is 16.6 Å². The van der Waals surface area contributed by atoms with Gasteiger partial charge in [0.05, 0.1) is 6.61 Å². The quantitative estimate of drug-likeness (QED) is 0.826. The van der Waals surface area contributed by atoms with Gasteiger partial charge in [0.1, 0.15) is 10.6 Å². The van der Waals surface area contributed by atoms with Gasteiger partial charge in [-0.2, -0.15) is 0 Å². The first-order valence-electron chi connectivity index (χ1n) is 7.14. The Balaban J connectivity index is 2.28. The summed E-state index contributed by atoms with van der Waals surface area (Å²) >= 11 is 3.30. The maximum absolute atomic E-state index is 12.6. The minimum Gasteiger partial charge on any atom is -0.492 e. The van der Waals surface area contributed by atoms with E-state index >= 15 is 0 Å². The van der Waals surface area contributed by atoms with Crippen LogP contribution in [0.4, 0.5) is 0 Å². The van der Waals surface area contributed by atoms with E-state index in [2.05, 4.69) is 20.7 Å². The van der Waals surface area contributed by atoms with Gasteiger partial charge < -0.3 is 10.5 Å². The van der Waals surface area contributed by atoms with Gasteiger partial charge >= 0.3 is 0 Å². The second kappa shape index (κ2) is 7.09. The Morgan fingerprint density at radius 3 is 2.76 bits per heavy atom. The van der Waals surface area contributed by atoms with Gasteiger partial charge in [-0.25, -0.2) is 13.1 Å². The van der Waals surface area contributed by atoms with E-state index in [-0.39, 0.29) is 17.0 Å². The molecule has 21 heavy (non-hydrogen) atoms. The summed E-state index contributed by atoms with van der Waals surface area (Å²) in [6.07, 6.45) is 3.68. The zero-order valence-electron chi connectivity index (χ0n) is 12.0. The predicted molar refractivity (Wildman–Crippen MR) is 85.9 cm³/mol. The van der Waals surface area contributed by atoms with Crippen LogP contribution in [-0.2, 0) is 10.0 Å². The smallest absolute Gasteiger partial charge is 0.244 e. The highest BCUT2D eigenvalue weighted by Gasteiger charge is 2.29. The van der Waals surface area contributed by atoms with Crippen LogP contribution in [-0.4, -0.2) is 27.1 Å². The lowest BCUT2D eigenvalue weighted by Gasteiger charge is -2.29. The first kappa shape index (κ1) is 16.7. The number of hydrogen-bond donors (Lipinski definition) is 2. The molecule has 0 amide bonds. The molecule has 0 heterocycles. The monoisotopic (exact) mass is 376 g/mol. The number of nitrogens with two attached hydrogens (primary N) is 1. The van der Waals surface area contributed by atoms with Gasteiger partial charge in [0.25, 0.3) is 0 Å². The van der Waals surface area contributed by atoms with Crippen LogP contribution in [0.1, 0.15) is 32.6 Å². The Labute approximate surface area is 134 Å². The van der Waals surface area contributed by atoms with Crippen LogP contribution in [0.2, 0.25) is 0 Å². The zero-order valence-corrected chi connectivity index (χ0v) is 14.4. The van der Waals surface area contributed by atoms with E-state index in [9.17, 15) is 8.42 Å². The van der Waals surface area contributed by atoms with Crippen LogP contribution >= 0.6 is 15.9 Å². The van der Waals surface area contributed by atoms with Crippen molar-refractivity contribution in [3.8, 4) is 5.75 Å². The highest BCUT2D eigenvalue weighted by atomic mass is 79.9. The molecular weight excluding hydrogens is 356 g/mol. The molecule has 0 spiro atoms. The molecule has 0 radical (unpaired) electrons. The summed E-state index contributed by atoms with van der Waals surface area (Å²) in [5.74, 6) is 0.359. The van der Waals surface area contributed by atoms with Crippen LogP contribution in [0.15, 0.2) is 27.6 Å². The minimum absolute atomic E-state index is 0.128. The van der Waals surface area contributed by atoms with E-state index in [0.717, 1.165) is 25.7 Å². The van der Waals surface area contributed by atoms with E-state index in [1.165, 1.54) is 0 Å². The first-order chi connectivity index (χ1) is 9.94. The van der Waals surface area contributed by atoms with E-state index in [0.29, 0.717) is 16.8 Å². The fourth-order valence-electron chi connectivity index (χ4n) is 2.54. The van der Waals surface area contributed by atoms with Crippen LogP contribution in [0, 0.1) is 0 Å². The van der Waals surface area contributed by atoms with Crippen molar-refractivity contribution >= 4 is 26.0 Å². The molecule has 7 heteroatoms. The van der Waals surface area contributed by atoms with Crippen LogP contribution in [0.3, 0.4) is 0 Å². The third-order valence-electron chi connectivity index (χ3n) is 3.62. The molecule has 5 nitrogen and oxygen atoms in total. The SMILES string of the molecule is CCOc1ccc(Br)cc1S(=O)(=O)N[C@@H]1CCCC[C@H]1N. The number of halogens is 1. The van der Waals surface area contributed by atoms with Crippen molar-refractivity contribution < 1.29 is 13.2 Å². The Kier molecular flexibility index (Phi) is 5.65. The molecule has 1 aliphatic carbocycles. The number of nitrogens with one attached hydrogen (secondary N) is 1. The maximum Gasteiger partial charge on any atom is 0.244 e. The molecule has 3 N–H and O–H groups in total. The number of hydrogen-bond acceptors (Lipinski definition) is 4. The molecule has 2 atom stereocenters. The number of benzene rings is 1. The number of ether oxygens (including phenoxy) is 1. The van der Waals surface area contributed by atoms with Crippen molar-refractivity contribution in [2.45, 2.75) is 49.6 Å². The molecule has 2 rings (SSSR count). The van der Waals surface area contributed by atoms with Crippen molar-refractivity contribution in [1.29, 1.82) is 0 Å². The third-order valence-corrected chi connectivity index (χ3v) is 5.63. The summed E-state index contributed by atoms with van der Waals surface area (Å²) in [6.45, 7) is 2.23. The highest BCUT2D eigenvalue weighted by Crippen LogP contribution is 2.28. The summed E-state index contributed by atoms with van der Waals surface area (Å²) < 4.78 is 34.1. The molecule has 0 saturated heterocycles. The average molecular weight is 377 g/mol. The predicted octanol–water partition coefficient (Wildman–Crippen LogP) is 2.40. The largest absolute Gasteiger partial charge is 0.492 e. The first-order valence-corrected chi connectivity index (χ1v) is 9.42. The van der Waals surface area contributed by atoms with Gasteiger partial charge in [-0.3, -0.25) is 0 Å². The van der Waals surface area contributed by atoms with Gasteiger partial charge in [-0.15, -0.1) is 0 Å².